The van der Waals surface area contributed by atoms with Crippen molar-refractivity contribution in [2.24, 2.45) is 17.3 Å². The van der Waals surface area contributed by atoms with Crippen LogP contribution in [0.1, 0.15) is 20.3 Å². The van der Waals surface area contributed by atoms with Crippen molar-refractivity contribution < 1.29 is 4.79 Å². The normalized spacial score (nSPS) is 43.6. The summed E-state index contributed by atoms with van der Waals surface area (Å²) in [6.45, 7) is 4.39. The molecule has 0 heterocycles. The highest BCUT2D eigenvalue weighted by Crippen LogP contribution is 2.54. The van der Waals surface area contributed by atoms with E-state index in [0.717, 1.165) is 6.42 Å². The summed E-state index contributed by atoms with van der Waals surface area (Å²) in [7, 11) is 0. The van der Waals surface area contributed by atoms with Crippen molar-refractivity contribution in [2.75, 3.05) is 0 Å². The number of carbonyl (C=O) groups is 1. The third-order valence-electron chi connectivity index (χ3n) is 3.47. The highest BCUT2D eigenvalue weighted by atomic mass is 79.9. The first-order chi connectivity index (χ1) is 5.53. The van der Waals surface area contributed by atoms with Crippen LogP contribution in [-0.4, -0.2) is 10.6 Å². The van der Waals surface area contributed by atoms with Gasteiger partial charge in [-0.1, -0.05) is 41.9 Å². The van der Waals surface area contributed by atoms with Gasteiger partial charge in [0.2, 0.25) is 0 Å². The van der Waals surface area contributed by atoms with Crippen molar-refractivity contribution in [3.63, 3.8) is 0 Å². The molecule has 0 aromatic rings. The fraction of sp³-hybridized carbons (Fsp3) is 0.700. The van der Waals surface area contributed by atoms with Gasteiger partial charge in [-0.25, -0.2) is 0 Å². The summed E-state index contributed by atoms with van der Waals surface area (Å²) in [4.78, 5) is 11.7. The predicted molar refractivity (Wildman–Crippen MR) is 52.2 cm³/mol. The van der Waals surface area contributed by atoms with Crippen LogP contribution in [0.5, 0.6) is 0 Å². The van der Waals surface area contributed by atoms with Crippen LogP contribution in [0.2, 0.25) is 0 Å². The van der Waals surface area contributed by atoms with E-state index in [9.17, 15) is 4.79 Å². The summed E-state index contributed by atoms with van der Waals surface area (Å²) in [5.41, 5.74) is 0.204. The quantitative estimate of drug-likeness (QED) is 0.460. The molecule has 2 heteroatoms. The minimum Gasteiger partial charge on any atom is -0.298 e. The van der Waals surface area contributed by atoms with Gasteiger partial charge in [-0.15, -0.1) is 0 Å². The van der Waals surface area contributed by atoms with Gasteiger partial charge in [-0.2, -0.15) is 0 Å². The maximum Gasteiger partial charge on any atom is 0.153 e. The Morgan fingerprint density at radius 1 is 1.50 bits per heavy atom. The molecule has 0 aliphatic heterocycles. The Labute approximate surface area is 81.4 Å². The van der Waals surface area contributed by atoms with Crippen molar-refractivity contribution >= 4 is 21.7 Å². The fourth-order valence-electron chi connectivity index (χ4n) is 2.29. The molecule has 1 saturated carbocycles. The summed E-state index contributed by atoms with van der Waals surface area (Å²) in [5.74, 6) is 1.26. The van der Waals surface area contributed by atoms with E-state index in [1.165, 1.54) is 0 Å². The number of allylic oxidation sites excluding steroid dienone is 2. The van der Waals surface area contributed by atoms with Crippen molar-refractivity contribution in [1.29, 1.82) is 0 Å². The Morgan fingerprint density at radius 2 is 2.17 bits per heavy atom. The lowest BCUT2D eigenvalue weighted by molar-refractivity contribution is -0.133. The molecule has 3 atom stereocenters. The molecule has 0 N–H and O–H groups in total. The van der Waals surface area contributed by atoms with E-state index in [4.69, 9.17) is 0 Å². The standard InChI is InChI=1S/C10H13BrO/c1-10(2)6-3-4-8(11)9(12)7(10)5-6/h3-4,6-8H,5H2,1-2H3/t6-,7+,8-/m0/s1. The Morgan fingerprint density at radius 3 is 2.75 bits per heavy atom. The average Bonchev–Trinajstić information content (AvgIpc) is 2.18. The third-order valence-corrected chi connectivity index (χ3v) is 4.23. The van der Waals surface area contributed by atoms with Gasteiger partial charge in [0.05, 0.1) is 4.83 Å². The molecular weight excluding hydrogens is 216 g/mol. The molecule has 3 aliphatic carbocycles. The molecular formula is C10H13BrO. The van der Waals surface area contributed by atoms with Crippen LogP contribution in [0.15, 0.2) is 12.2 Å². The van der Waals surface area contributed by atoms with Crippen LogP contribution in [0, 0.1) is 17.3 Å². The molecule has 0 unspecified atom stereocenters. The van der Waals surface area contributed by atoms with Gasteiger partial charge in [-0.3, -0.25) is 4.79 Å². The van der Waals surface area contributed by atoms with Crippen LogP contribution < -0.4 is 0 Å². The zero-order valence-corrected chi connectivity index (χ0v) is 8.97. The van der Waals surface area contributed by atoms with Crippen molar-refractivity contribution in [2.45, 2.75) is 25.1 Å². The monoisotopic (exact) mass is 228 g/mol. The molecule has 0 aromatic heterocycles. The van der Waals surface area contributed by atoms with Gasteiger partial charge >= 0.3 is 0 Å². The van der Waals surface area contributed by atoms with E-state index < -0.39 is 0 Å². The SMILES string of the molecule is CC1(C)[C@@H]2C[C@@H]1C=C[C@H](Br)C2=O. The second kappa shape index (κ2) is 2.44. The van der Waals surface area contributed by atoms with Crippen LogP contribution in [0.25, 0.3) is 0 Å². The van der Waals surface area contributed by atoms with Crippen LogP contribution >= 0.6 is 15.9 Å². The maximum atomic E-state index is 11.7. The number of ketones is 1. The second-order valence-corrected chi connectivity index (χ2v) is 5.39. The first kappa shape index (κ1) is 8.49. The topological polar surface area (TPSA) is 17.1 Å². The first-order valence-electron chi connectivity index (χ1n) is 4.39. The Balaban J connectivity index is 2.33. The largest absolute Gasteiger partial charge is 0.298 e. The predicted octanol–water partition coefficient (Wildman–Crippen LogP) is 2.55. The lowest BCUT2D eigenvalue weighted by Crippen LogP contribution is -2.47. The number of rotatable bonds is 0. The number of hydrogen-bond acceptors (Lipinski definition) is 1. The molecule has 0 spiro atoms. The number of Topliss-reactive ketones (excluding diaryl/α,β-unsaturated/α-hetero) is 1. The lowest BCUT2D eigenvalue weighted by atomic mass is 9.54. The van der Waals surface area contributed by atoms with Gasteiger partial charge in [-0.05, 0) is 17.8 Å². The zero-order valence-electron chi connectivity index (χ0n) is 7.38. The molecule has 0 radical (unpaired) electrons. The summed E-state index contributed by atoms with van der Waals surface area (Å²) in [6, 6.07) is 0. The average molecular weight is 229 g/mol. The van der Waals surface area contributed by atoms with Gasteiger partial charge in [0, 0.05) is 5.92 Å². The number of halogens is 1. The molecule has 0 aromatic carbocycles. The lowest BCUT2D eigenvalue weighted by Gasteiger charge is -2.49. The van der Waals surface area contributed by atoms with Crippen molar-refractivity contribution in [3.8, 4) is 0 Å². The Kier molecular flexibility index (Phi) is 1.73. The van der Waals surface area contributed by atoms with Crippen molar-refractivity contribution in [3.05, 3.63) is 12.2 Å². The zero-order chi connectivity index (χ0) is 8.93. The number of carbonyl (C=O) groups excluding carboxylic acids is 1. The van der Waals surface area contributed by atoms with E-state index in [1.54, 1.807) is 0 Å². The van der Waals surface area contributed by atoms with Gasteiger partial charge < -0.3 is 0 Å². The van der Waals surface area contributed by atoms with E-state index in [1.807, 2.05) is 6.08 Å². The third kappa shape index (κ3) is 0.936. The molecule has 0 amide bonds. The molecule has 1 fully saturated rings. The highest BCUT2D eigenvalue weighted by molar-refractivity contribution is 9.10. The summed E-state index contributed by atoms with van der Waals surface area (Å²) >= 11 is 3.39. The minimum absolute atomic E-state index is 0.0331. The highest BCUT2D eigenvalue weighted by Gasteiger charge is 2.52. The first-order valence-corrected chi connectivity index (χ1v) is 5.31. The van der Waals surface area contributed by atoms with Crippen LogP contribution in [-0.2, 0) is 4.79 Å². The van der Waals surface area contributed by atoms with Gasteiger partial charge in [0.15, 0.2) is 5.78 Å². The number of hydrogen-bond donors (Lipinski definition) is 0. The molecule has 66 valence electrons. The minimum atomic E-state index is -0.0331. The molecule has 0 saturated heterocycles. The maximum absolute atomic E-state index is 11.7. The molecule has 12 heavy (non-hydrogen) atoms. The number of fused-ring (bicyclic) bond motifs is 2. The van der Waals surface area contributed by atoms with E-state index in [0.29, 0.717) is 11.7 Å². The second-order valence-electron chi connectivity index (χ2n) is 4.41. The van der Waals surface area contributed by atoms with Gasteiger partial charge in [0.1, 0.15) is 0 Å². The summed E-state index contributed by atoms with van der Waals surface area (Å²) < 4.78 is 0. The van der Waals surface area contributed by atoms with Crippen LogP contribution in [0.3, 0.4) is 0 Å². The van der Waals surface area contributed by atoms with E-state index in [2.05, 4.69) is 35.9 Å². The van der Waals surface area contributed by atoms with Crippen LogP contribution in [0.4, 0.5) is 0 Å². The van der Waals surface area contributed by atoms with E-state index in [-0.39, 0.29) is 16.2 Å². The van der Waals surface area contributed by atoms with Crippen molar-refractivity contribution in [1.82, 2.24) is 0 Å². The molecule has 1 nitrogen and oxygen atoms in total. The van der Waals surface area contributed by atoms with Gasteiger partial charge in [0.25, 0.3) is 0 Å². The molecule has 3 rings (SSSR count). The summed E-state index contributed by atoms with van der Waals surface area (Å²) in [6.07, 6.45) is 5.26. The Bertz CT molecular complexity index is 255. The molecule has 3 aliphatic rings. The Hall–Kier alpha value is -0.110. The fourth-order valence-corrected chi connectivity index (χ4v) is 2.78. The smallest absolute Gasteiger partial charge is 0.153 e. The van der Waals surface area contributed by atoms with E-state index >= 15 is 0 Å². The number of alkyl halides is 1. The molecule has 2 bridgehead atoms. The summed E-state index contributed by atoms with van der Waals surface area (Å²) in [5, 5.41) is 0.